The van der Waals surface area contributed by atoms with Crippen molar-refractivity contribution in [2.24, 2.45) is 0 Å². The minimum atomic E-state index is -1.53. The summed E-state index contributed by atoms with van der Waals surface area (Å²) >= 11 is 0. The topological polar surface area (TPSA) is 186 Å². The molecule has 6 amide bonds. The molecule has 0 saturated heterocycles. The van der Waals surface area contributed by atoms with Crippen molar-refractivity contribution in [3.05, 3.63) is 35.9 Å². The smallest absolute Gasteiger partial charge is 0.247 e. The van der Waals surface area contributed by atoms with Crippen LogP contribution in [0.25, 0.3) is 0 Å². The molecule has 1 aromatic rings. The number of carbonyl (C=O) groups is 6. The molecule has 0 saturated carbocycles. The van der Waals surface area contributed by atoms with E-state index >= 15 is 0 Å². The van der Waals surface area contributed by atoms with Crippen molar-refractivity contribution in [1.29, 1.82) is 0 Å². The molecule has 0 aliphatic carbocycles. The maximum absolute atomic E-state index is 13.3. The Bertz CT molecular complexity index is 1250. The molecule has 1 atom stereocenters. The van der Waals surface area contributed by atoms with Crippen molar-refractivity contribution in [1.82, 2.24) is 31.5 Å². The summed E-state index contributed by atoms with van der Waals surface area (Å²) in [4.78, 5) is 79.5. The standard InChI is InChI=1S/C31H50N6O7/c1-27(2,32-21(39)20(18-38)19-16-14-13-15-17-19)22(40)33-28(3,4)23(41)34-29(5,6)24(42)35-30(7,8)25(43)36-31(9,10)26(44)37(11)12/h13-17,20,38H,18H2,1-12H3,(H,32,39)(H,33,40)(H,34,41)(H,35,42)(H,36,43). The molecular formula is C31H50N6O7. The summed E-state index contributed by atoms with van der Waals surface area (Å²) in [6.07, 6.45) is 0. The number of aliphatic hydroxyl groups is 1. The number of rotatable bonds is 13. The monoisotopic (exact) mass is 618 g/mol. The molecule has 0 radical (unpaired) electrons. The molecule has 0 fully saturated rings. The second-order valence-electron chi connectivity index (χ2n) is 13.8. The zero-order chi connectivity index (χ0) is 34.5. The van der Waals surface area contributed by atoms with Crippen LogP contribution in [-0.2, 0) is 28.8 Å². The lowest BCUT2D eigenvalue weighted by atomic mass is 9.94. The number of carbonyl (C=O) groups excluding carboxylic acids is 6. The molecule has 13 heteroatoms. The van der Waals surface area contributed by atoms with Gasteiger partial charge in [0.2, 0.25) is 35.4 Å². The lowest BCUT2D eigenvalue weighted by Gasteiger charge is -2.37. The quantitative estimate of drug-likeness (QED) is 0.184. The van der Waals surface area contributed by atoms with Gasteiger partial charge in [-0.1, -0.05) is 30.3 Å². The van der Waals surface area contributed by atoms with Crippen LogP contribution in [0.3, 0.4) is 0 Å². The SMILES string of the molecule is CN(C)C(=O)C(C)(C)NC(=O)C(C)(C)NC(=O)C(C)(C)NC(=O)C(C)(C)NC(=O)C(C)(C)NC(=O)C(CO)c1ccccc1. The number of nitrogens with one attached hydrogen (secondary N) is 5. The molecule has 0 aliphatic rings. The van der Waals surface area contributed by atoms with Gasteiger partial charge < -0.3 is 36.6 Å². The Morgan fingerprint density at radius 1 is 0.591 bits per heavy atom. The van der Waals surface area contributed by atoms with Crippen LogP contribution in [0.2, 0.25) is 0 Å². The Kier molecular flexibility index (Phi) is 11.9. The van der Waals surface area contributed by atoms with E-state index in [1.807, 2.05) is 0 Å². The first-order valence-corrected chi connectivity index (χ1v) is 14.3. The van der Waals surface area contributed by atoms with E-state index in [0.29, 0.717) is 5.56 Å². The number of likely N-dealkylation sites (N-methyl/N-ethyl adjacent to an activating group) is 1. The first kappa shape index (κ1) is 38.0. The molecule has 0 heterocycles. The van der Waals surface area contributed by atoms with E-state index in [9.17, 15) is 33.9 Å². The predicted octanol–water partition coefficient (Wildman–Crippen LogP) is 0.325. The first-order valence-electron chi connectivity index (χ1n) is 14.3. The van der Waals surface area contributed by atoms with E-state index in [4.69, 9.17) is 0 Å². The van der Waals surface area contributed by atoms with Crippen LogP contribution in [0, 0.1) is 0 Å². The van der Waals surface area contributed by atoms with Gasteiger partial charge in [0.25, 0.3) is 0 Å². The summed E-state index contributed by atoms with van der Waals surface area (Å²) in [5.41, 5.74) is -6.64. The fourth-order valence-corrected chi connectivity index (χ4v) is 4.02. The van der Waals surface area contributed by atoms with Crippen molar-refractivity contribution in [2.75, 3.05) is 20.7 Å². The summed E-state index contributed by atoms with van der Waals surface area (Å²) in [5.74, 6) is -4.48. The second-order valence-corrected chi connectivity index (χ2v) is 13.8. The Morgan fingerprint density at radius 3 is 1.23 bits per heavy atom. The third kappa shape index (κ3) is 9.76. The van der Waals surface area contributed by atoms with Gasteiger partial charge in [-0.2, -0.15) is 0 Å². The highest BCUT2D eigenvalue weighted by Gasteiger charge is 2.43. The summed E-state index contributed by atoms with van der Waals surface area (Å²) in [5, 5.41) is 22.9. The van der Waals surface area contributed by atoms with Gasteiger partial charge in [-0.25, -0.2) is 0 Å². The van der Waals surface area contributed by atoms with Crippen LogP contribution in [0.15, 0.2) is 30.3 Å². The first-order chi connectivity index (χ1) is 19.8. The lowest BCUT2D eigenvalue weighted by Crippen LogP contribution is -2.68. The fourth-order valence-electron chi connectivity index (χ4n) is 4.02. The van der Waals surface area contributed by atoms with Crippen LogP contribution in [0.1, 0.15) is 80.7 Å². The minimum absolute atomic E-state index is 0.336. The molecule has 0 bridgehead atoms. The molecule has 1 unspecified atom stereocenters. The molecule has 0 spiro atoms. The highest BCUT2D eigenvalue weighted by molar-refractivity contribution is 6.01. The summed E-state index contributed by atoms with van der Waals surface area (Å²) in [7, 11) is 3.13. The van der Waals surface area contributed by atoms with Gasteiger partial charge in [-0.05, 0) is 74.8 Å². The zero-order valence-electron chi connectivity index (χ0n) is 28.0. The van der Waals surface area contributed by atoms with Gasteiger partial charge in [0.1, 0.15) is 27.7 Å². The Labute approximate surface area is 260 Å². The highest BCUT2D eigenvalue weighted by Crippen LogP contribution is 2.18. The molecule has 1 rings (SSSR count). The number of amides is 6. The van der Waals surface area contributed by atoms with Gasteiger partial charge in [-0.15, -0.1) is 0 Å². The molecule has 0 aromatic heterocycles. The van der Waals surface area contributed by atoms with E-state index in [1.165, 1.54) is 60.3 Å². The normalized spacial score (nSPS) is 13.2. The number of nitrogens with zero attached hydrogens (tertiary/aromatic N) is 1. The predicted molar refractivity (Wildman–Crippen MR) is 166 cm³/mol. The Balaban J connectivity index is 2.94. The Hall–Kier alpha value is -4.00. The average molecular weight is 619 g/mol. The van der Waals surface area contributed by atoms with Gasteiger partial charge in [0, 0.05) is 14.1 Å². The van der Waals surface area contributed by atoms with E-state index in [-0.39, 0.29) is 5.91 Å². The maximum Gasteiger partial charge on any atom is 0.247 e. The van der Waals surface area contributed by atoms with E-state index in [2.05, 4.69) is 26.6 Å². The minimum Gasteiger partial charge on any atom is -0.395 e. The number of hydrogen-bond donors (Lipinski definition) is 6. The third-order valence-electron chi connectivity index (χ3n) is 7.05. The van der Waals surface area contributed by atoms with E-state index in [1.54, 1.807) is 58.3 Å². The number of benzene rings is 1. The largest absolute Gasteiger partial charge is 0.395 e. The van der Waals surface area contributed by atoms with Gasteiger partial charge in [-0.3, -0.25) is 28.8 Å². The number of aliphatic hydroxyl groups excluding tert-OH is 1. The van der Waals surface area contributed by atoms with Crippen molar-refractivity contribution < 1.29 is 33.9 Å². The van der Waals surface area contributed by atoms with Gasteiger partial charge in [0.15, 0.2) is 0 Å². The summed E-state index contributed by atoms with van der Waals surface area (Å²) in [6.45, 7) is 14.2. The van der Waals surface area contributed by atoms with Gasteiger partial charge >= 0.3 is 0 Å². The molecule has 246 valence electrons. The van der Waals surface area contributed by atoms with Gasteiger partial charge in [0.05, 0.1) is 12.5 Å². The molecule has 6 N–H and O–H groups in total. The molecule has 13 nitrogen and oxygen atoms in total. The zero-order valence-corrected chi connectivity index (χ0v) is 28.0. The molecule has 1 aromatic carbocycles. The van der Waals surface area contributed by atoms with Crippen LogP contribution in [0.5, 0.6) is 0 Å². The Morgan fingerprint density at radius 2 is 0.909 bits per heavy atom. The number of hydrogen-bond acceptors (Lipinski definition) is 7. The van der Waals surface area contributed by atoms with Crippen molar-refractivity contribution in [3.63, 3.8) is 0 Å². The van der Waals surface area contributed by atoms with E-state index in [0.717, 1.165) is 0 Å². The van der Waals surface area contributed by atoms with Crippen molar-refractivity contribution in [2.45, 2.75) is 103 Å². The van der Waals surface area contributed by atoms with Crippen LogP contribution in [0.4, 0.5) is 0 Å². The average Bonchev–Trinajstić information content (AvgIpc) is 2.87. The van der Waals surface area contributed by atoms with Crippen LogP contribution >= 0.6 is 0 Å². The maximum atomic E-state index is 13.3. The molecule has 44 heavy (non-hydrogen) atoms. The van der Waals surface area contributed by atoms with E-state index < -0.39 is 69.8 Å². The fraction of sp³-hybridized carbons (Fsp3) is 0.613. The van der Waals surface area contributed by atoms with Crippen LogP contribution < -0.4 is 26.6 Å². The summed E-state index contributed by atoms with van der Waals surface area (Å²) < 4.78 is 0. The summed E-state index contributed by atoms with van der Waals surface area (Å²) in [6, 6.07) is 8.63. The highest BCUT2D eigenvalue weighted by atomic mass is 16.3. The van der Waals surface area contributed by atoms with Crippen LogP contribution in [-0.4, -0.2) is 93.8 Å². The van der Waals surface area contributed by atoms with Crippen molar-refractivity contribution in [3.8, 4) is 0 Å². The molecule has 0 aliphatic heterocycles. The van der Waals surface area contributed by atoms with Crippen molar-refractivity contribution >= 4 is 35.4 Å². The molecular weight excluding hydrogens is 568 g/mol. The second kappa shape index (κ2) is 13.7. The third-order valence-corrected chi connectivity index (χ3v) is 7.05. The lowest BCUT2D eigenvalue weighted by molar-refractivity contribution is -0.142.